The molecule has 0 aliphatic carbocycles. The number of rotatable bonds is 4. The fourth-order valence-electron chi connectivity index (χ4n) is 4.37. The molecule has 166 valence electrons. The molecule has 1 unspecified atom stereocenters. The summed E-state index contributed by atoms with van der Waals surface area (Å²) in [4.78, 5) is 15.6. The Morgan fingerprint density at radius 2 is 1.48 bits per heavy atom. The Hall–Kier alpha value is -3.38. The van der Waals surface area contributed by atoms with Crippen LogP contribution in [0.1, 0.15) is 29.2 Å². The highest BCUT2D eigenvalue weighted by Crippen LogP contribution is 2.38. The van der Waals surface area contributed by atoms with Gasteiger partial charge < -0.3 is 4.42 Å². The predicted molar refractivity (Wildman–Crippen MR) is 132 cm³/mol. The monoisotopic (exact) mass is 455 g/mol. The molecule has 5 nitrogen and oxygen atoms in total. The second kappa shape index (κ2) is 8.87. The molecule has 1 amide bonds. The molecule has 0 bridgehead atoms. The lowest BCUT2D eigenvalue weighted by Gasteiger charge is -2.27. The van der Waals surface area contributed by atoms with Crippen molar-refractivity contribution in [2.24, 2.45) is 0 Å². The molecule has 3 aromatic carbocycles. The number of thioether (sulfide) groups is 1. The summed E-state index contributed by atoms with van der Waals surface area (Å²) >= 11 is 1.29. The number of hydrogen-bond acceptors (Lipinski definition) is 5. The molecule has 1 aliphatic rings. The molecular formula is C27H25N3O2S. The van der Waals surface area contributed by atoms with Crippen LogP contribution >= 0.6 is 11.8 Å². The first-order valence-electron chi connectivity index (χ1n) is 11.1. The van der Waals surface area contributed by atoms with E-state index in [1.165, 1.54) is 22.9 Å². The minimum Gasteiger partial charge on any atom is -0.411 e. The molecule has 1 aliphatic heterocycles. The van der Waals surface area contributed by atoms with Crippen molar-refractivity contribution in [2.45, 2.75) is 44.1 Å². The Bertz CT molecular complexity index is 1260. The highest BCUT2D eigenvalue weighted by molar-refractivity contribution is 8.00. The molecule has 0 N–H and O–H groups in total. The SMILES string of the molecule is Cc1cc(C)cc(-c2nnc(SC(C)C(=O)N3c4ccccc4CCc4ccccc43)o2)c1. The lowest BCUT2D eigenvalue weighted by molar-refractivity contribution is -0.117. The Morgan fingerprint density at radius 3 is 2.09 bits per heavy atom. The topological polar surface area (TPSA) is 59.2 Å². The second-order valence-corrected chi connectivity index (χ2v) is 9.73. The van der Waals surface area contributed by atoms with E-state index in [1.807, 2.05) is 74.2 Å². The molecule has 0 fully saturated rings. The first-order chi connectivity index (χ1) is 16.0. The van der Waals surface area contributed by atoms with Crippen molar-refractivity contribution in [3.8, 4) is 11.5 Å². The Kier molecular flexibility index (Phi) is 5.77. The average Bonchev–Trinajstić information content (AvgIpc) is 3.20. The third-order valence-corrected chi connectivity index (χ3v) is 6.77. The largest absolute Gasteiger partial charge is 0.411 e. The van der Waals surface area contributed by atoms with Gasteiger partial charge in [0.15, 0.2) is 0 Å². The maximum atomic E-state index is 13.8. The molecule has 6 heteroatoms. The molecule has 0 spiro atoms. The molecule has 2 heterocycles. The summed E-state index contributed by atoms with van der Waals surface area (Å²) < 4.78 is 5.92. The third kappa shape index (κ3) is 4.31. The van der Waals surface area contributed by atoms with Crippen molar-refractivity contribution < 1.29 is 9.21 Å². The van der Waals surface area contributed by atoms with Crippen LogP contribution in [-0.4, -0.2) is 21.4 Å². The van der Waals surface area contributed by atoms with Gasteiger partial charge in [0.25, 0.3) is 5.22 Å². The van der Waals surface area contributed by atoms with E-state index in [0.29, 0.717) is 11.1 Å². The van der Waals surface area contributed by atoms with Crippen molar-refractivity contribution in [1.29, 1.82) is 0 Å². The zero-order valence-electron chi connectivity index (χ0n) is 18.9. The molecular weight excluding hydrogens is 430 g/mol. The third-order valence-electron chi connectivity index (χ3n) is 5.85. The summed E-state index contributed by atoms with van der Waals surface area (Å²) in [5, 5.41) is 8.40. The van der Waals surface area contributed by atoms with E-state index in [2.05, 4.69) is 28.4 Å². The number of aromatic nitrogens is 2. The van der Waals surface area contributed by atoms with Gasteiger partial charge in [0, 0.05) is 5.56 Å². The zero-order valence-corrected chi connectivity index (χ0v) is 19.7. The maximum absolute atomic E-state index is 13.8. The molecule has 4 aromatic rings. The van der Waals surface area contributed by atoms with Crippen LogP contribution in [0.2, 0.25) is 0 Å². The van der Waals surface area contributed by atoms with Crippen molar-refractivity contribution in [1.82, 2.24) is 10.2 Å². The smallest absolute Gasteiger partial charge is 0.277 e. The van der Waals surface area contributed by atoms with Crippen LogP contribution in [0, 0.1) is 13.8 Å². The van der Waals surface area contributed by atoms with Gasteiger partial charge in [0.1, 0.15) is 0 Å². The van der Waals surface area contributed by atoms with Gasteiger partial charge in [-0.25, -0.2) is 0 Å². The number of hydrogen-bond donors (Lipinski definition) is 0. The Labute approximate surface area is 197 Å². The molecule has 0 radical (unpaired) electrons. The minimum atomic E-state index is -0.406. The van der Waals surface area contributed by atoms with Gasteiger partial charge in [0.2, 0.25) is 11.8 Å². The Balaban J connectivity index is 1.43. The predicted octanol–water partition coefficient (Wildman–Crippen LogP) is 6.30. The molecule has 5 rings (SSSR count). The normalized spacial score (nSPS) is 13.7. The van der Waals surface area contributed by atoms with Crippen LogP contribution in [0.3, 0.4) is 0 Å². The molecule has 0 saturated heterocycles. The van der Waals surface area contributed by atoms with Crippen LogP contribution in [0.15, 0.2) is 76.4 Å². The van der Waals surface area contributed by atoms with Crippen molar-refractivity contribution >= 4 is 29.0 Å². The van der Waals surface area contributed by atoms with Crippen LogP contribution in [0.5, 0.6) is 0 Å². The first-order valence-corrected chi connectivity index (χ1v) is 12.0. The van der Waals surface area contributed by atoms with E-state index >= 15 is 0 Å². The van der Waals surface area contributed by atoms with E-state index in [4.69, 9.17) is 4.42 Å². The van der Waals surface area contributed by atoms with Gasteiger partial charge >= 0.3 is 0 Å². The van der Waals surface area contributed by atoms with E-state index in [9.17, 15) is 4.79 Å². The number of carbonyl (C=O) groups excluding carboxylic acids is 1. The quantitative estimate of drug-likeness (QED) is 0.338. The number of nitrogens with zero attached hydrogens (tertiary/aromatic N) is 3. The zero-order chi connectivity index (χ0) is 22.9. The summed E-state index contributed by atoms with van der Waals surface area (Å²) in [5.41, 5.74) is 7.41. The van der Waals surface area contributed by atoms with Crippen molar-refractivity contribution in [3.63, 3.8) is 0 Å². The number of fused-ring (bicyclic) bond motifs is 2. The highest BCUT2D eigenvalue weighted by Gasteiger charge is 2.30. The van der Waals surface area contributed by atoms with E-state index in [-0.39, 0.29) is 5.91 Å². The fourth-order valence-corrected chi connectivity index (χ4v) is 5.10. The first kappa shape index (κ1) is 21.5. The number of anilines is 2. The summed E-state index contributed by atoms with van der Waals surface area (Å²) in [5.74, 6) is 0.461. The van der Waals surface area contributed by atoms with Gasteiger partial charge in [-0.1, -0.05) is 65.4 Å². The molecule has 0 saturated carbocycles. The van der Waals surface area contributed by atoms with E-state index in [0.717, 1.165) is 40.9 Å². The van der Waals surface area contributed by atoms with E-state index < -0.39 is 5.25 Å². The van der Waals surface area contributed by atoms with Gasteiger partial charge in [-0.3, -0.25) is 9.69 Å². The molecule has 33 heavy (non-hydrogen) atoms. The summed E-state index contributed by atoms with van der Waals surface area (Å²) in [6.07, 6.45) is 1.81. The second-order valence-electron chi connectivity index (χ2n) is 8.44. The number of amides is 1. The summed E-state index contributed by atoms with van der Waals surface area (Å²) in [6, 6.07) is 22.4. The van der Waals surface area contributed by atoms with Gasteiger partial charge in [-0.05, 0) is 69.0 Å². The highest BCUT2D eigenvalue weighted by atomic mass is 32.2. The standard InChI is InChI=1S/C27H25N3O2S/c1-17-14-18(2)16-22(15-17)25-28-29-27(32-25)33-19(3)26(31)30-23-10-6-4-8-20(23)12-13-21-9-5-7-11-24(21)30/h4-11,14-16,19H,12-13H2,1-3H3. The van der Waals surface area contributed by atoms with Crippen molar-refractivity contribution in [3.05, 3.63) is 89.0 Å². The molecule has 1 atom stereocenters. The Morgan fingerprint density at radius 1 is 0.909 bits per heavy atom. The number of aryl methyl sites for hydroxylation is 4. The van der Waals surface area contributed by atoms with Crippen molar-refractivity contribution in [2.75, 3.05) is 4.90 Å². The lowest BCUT2D eigenvalue weighted by Crippen LogP contribution is -2.33. The minimum absolute atomic E-state index is 0.00653. The van der Waals surface area contributed by atoms with Crippen LogP contribution in [0.4, 0.5) is 11.4 Å². The van der Waals surface area contributed by atoms with Gasteiger partial charge in [-0.15, -0.1) is 10.2 Å². The number of para-hydroxylation sites is 2. The van der Waals surface area contributed by atoms with Crippen LogP contribution in [0.25, 0.3) is 11.5 Å². The average molecular weight is 456 g/mol. The van der Waals surface area contributed by atoms with E-state index in [1.54, 1.807) is 0 Å². The summed E-state index contributed by atoms with van der Waals surface area (Å²) in [6.45, 7) is 5.98. The fraction of sp³-hybridized carbons (Fsp3) is 0.222. The van der Waals surface area contributed by atoms with Gasteiger partial charge in [-0.2, -0.15) is 0 Å². The molecule has 1 aromatic heterocycles. The lowest BCUT2D eigenvalue weighted by atomic mass is 10.0. The van der Waals surface area contributed by atoms with Crippen LogP contribution in [-0.2, 0) is 17.6 Å². The number of carbonyl (C=O) groups is 1. The van der Waals surface area contributed by atoms with Gasteiger partial charge in [0.05, 0.1) is 16.6 Å². The number of benzene rings is 3. The van der Waals surface area contributed by atoms with Crippen LogP contribution < -0.4 is 4.90 Å². The summed E-state index contributed by atoms with van der Waals surface area (Å²) in [7, 11) is 0. The maximum Gasteiger partial charge on any atom is 0.277 e.